The second-order valence-corrected chi connectivity index (χ2v) is 7.71. The van der Waals surface area contributed by atoms with Crippen molar-refractivity contribution < 1.29 is 14.3 Å². The first-order chi connectivity index (χ1) is 13.5. The minimum Gasteiger partial charge on any atom is -0.493 e. The van der Waals surface area contributed by atoms with Gasteiger partial charge in [0.25, 0.3) is 0 Å². The maximum Gasteiger partial charge on any atom is 0.220 e. The molecule has 1 amide bonds. The van der Waals surface area contributed by atoms with Crippen molar-refractivity contribution in [2.45, 2.75) is 64.6 Å². The van der Waals surface area contributed by atoms with E-state index in [1.165, 1.54) is 12.8 Å². The highest BCUT2D eigenvalue weighted by molar-refractivity contribution is 5.76. The lowest BCUT2D eigenvalue weighted by atomic mass is 9.87. The highest BCUT2D eigenvalue weighted by Gasteiger charge is 2.19. The standard InChI is InChI=1S/C22H31N3O3/c1-16-5-9-19(10-6-16)24-22(26)12-8-18-7-11-20(21(15-18)27-3)28-17(2)25-14-4-13-23-25/h4,7,11,13-17,19H,5-6,8-10,12H2,1-3H3,(H,24,26). The molecule has 1 fully saturated rings. The summed E-state index contributed by atoms with van der Waals surface area (Å²) in [5.74, 6) is 2.25. The lowest BCUT2D eigenvalue weighted by Crippen LogP contribution is -2.37. The summed E-state index contributed by atoms with van der Waals surface area (Å²) in [5, 5.41) is 7.38. The average Bonchev–Trinajstić information content (AvgIpc) is 3.24. The molecule has 1 N–H and O–H groups in total. The number of nitrogens with one attached hydrogen (secondary N) is 1. The Morgan fingerprint density at radius 1 is 1.29 bits per heavy atom. The van der Waals surface area contributed by atoms with E-state index >= 15 is 0 Å². The molecule has 1 aromatic heterocycles. The predicted octanol–water partition coefficient (Wildman–Crippen LogP) is 4.12. The molecule has 2 aromatic rings. The second kappa shape index (κ2) is 9.62. The van der Waals surface area contributed by atoms with Gasteiger partial charge in [0.05, 0.1) is 7.11 Å². The third-order valence-corrected chi connectivity index (χ3v) is 5.44. The van der Waals surface area contributed by atoms with Crippen LogP contribution in [0.15, 0.2) is 36.7 Å². The van der Waals surface area contributed by atoms with Crippen LogP contribution in [0, 0.1) is 5.92 Å². The zero-order valence-electron chi connectivity index (χ0n) is 17.1. The van der Waals surface area contributed by atoms with Crippen molar-refractivity contribution in [1.82, 2.24) is 15.1 Å². The van der Waals surface area contributed by atoms with Crippen molar-refractivity contribution in [2.24, 2.45) is 5.92 Å². The SMILES string of the molecule is COc1cc(CCC(=O)NC2CCC(C)CC2)ccc1OC(C)n1cccn1. The van der Waals surface area contributed by atoms with Gasteiger partial charge >= 0.3 is 0 Å². The van der Waals surface area contributed by atoms with Gasteiger partial charge in [0.1, 0.15) is 0 Å². The van der Waals surface area contributed by atoms with Crippen molar-refractivity contribution >= 4 is 5.91 Å². The number of carbonyl (C=O) groups is 1. The Kier molecular flexibility index (Phi) is 6.95. The Bertz CT molecular complexity index is 752. The van der Waals surface area contributed by atoms with Gasteiger partial charge in [-0.2, -0.15) is 5.10 Å². The fourth-order valence-electron chi connectivity index (χ4n) is 3.66. The van der Waals surface area contributed by atoms with E-state index in [0.717, 1.165) is 24.3 Å². The number of aryl methyl sites for hydroxylation is 1. The normalized spacial score (nSPS) is 20.4. The third kappa shape index (κ3) is 5.50. The maximum absolute atomic E-state index is 12.3. The van der Waals surface area contributed by atoms with E-state index in [0.29, 0.717) is 30.4 Å². The number of ether oxygens (including phenoxy) is 2. The van der Waals surface area contributed by atoms with Crippen LogP contribution in [0.5, 0.6) is 11.5 Å². The van der Waals surface area contributed by atoms with Crippen molar-refractivity contribution in [2.75, 3.05) is 7.11 Å². The Balaban J connectivity index is 1.52. The van der Waals surface area contributed by atoms with Crippen molar-refractivity contribution in [3.63, 3.8) is 0 Å². The number of hydrogen-bond acceptors (Lipinski definition) is 4. The molecule has 1 aliphatic carbocycles. The Morgan fingerprint density at radius 3 is 2.75 bits per heavy atom. The minimum absolute atomic E-state index is 0.131. The van der Waals surface area contributed by atoms with Crippen molar-refractivity contribution in [1.29, 1.82) is 0 Å². The van der Waals surface area contributed by atoms with E-state index in [1.807, 2.05) is 37.4 Å². The number of hydrogen-bond donors (Lipinski definition) is 1. The van der Waals surface area contributed by atoms with Gasteiger partial charge in [-0.25, -0.2) is 4.68 Å². The average molecular weight is 386 g/mol. The molecule has 0 bridgehead atoms. The first-order valence-electron chi connectivity index (χ1n) is 10.2. The first-order valence-corrected chi connectivity index (χ1v) is 10.2. The Morgan fingerprint density at radius 2 is 2.07 bits per heavy atom. The molecular formula is C22H31N3O3. The molecule has 1 aromatic carbocycles. The lowest BCUT2D eigenvalue weighted by Gasteiger charge is -2.26. The fourth-order valence-corrected chi connectivity index (χ4v) is 3.66. The van der Waals surface area contributed by atoms with Crippen molar-refractivity contribution in [3.05, 3.63) is 42.2 Å². The molecule has 6 heteroatoms. The summed E-state index contributed by atoms with van der Waals surface area (Å²) in [6.45, 7) is 4.21. The van der Waals surface area contributed by atoms with E-state index in [2.05, 4.69) is 17.3 Å². The Hall–Kier alpha value is -2.50. The molecule has 3 rings (SSSR count). The van der Waals surface area contributed by atoms with E-state index in [4.69, 9.17) is 9.47 Å². The number of methoxy groups -OCH3 is 1. The first kappa shape index (κ1) is 20.2. The number of benzene rings is 1. The highest BCUT2D eigenvalue weighted by Crippen LogP contribution is 2.31. The quantitative estimate of drug-likeness (QED) is 0.742. The molecule has 1 unspecified atom stereocenters. The highest BCUT2D eigenvalue weighted by atomic mass is 16.5. The van der Waals surface area contributed by atoms with Crippen LogP contribution in [0.3, 0.4) is 0 Å². The molecular weight excluding hydrogens is 354 g/mol. The molecule has 1 atom stereocenters. The summed E-state index contributed by atoms with van der Waals surface area (Å²) in [7, 11) is 1.63. The van der Waals surface area contributed by atoms with Gasteiger partial charge in [-0.15, -0.1) is 0 Å². The third-order valence-electron chi connectivity index (χ3n) is 5.44. The largest absolute Gasteiger partial charge is 0.493 e. The van der Waals surface area contributed by atoms with Gasteiger partial charge in [0.15, 0.2) is 17.7 Å². The maximum atomic E-state index is 12.3. The molecule has 28 heavy (non-hydrogen) atoms. The number of rotatable bonds is 8. The molecule has 0 radical (unpaired) electrons. The molecule has 1 saturated carbocycles. The van der Waals surface area contributed by atoms with Crippen LogP contribution in [-0.4, -0.2) is 28.8 Å². The van der Waals surface area contributed by atoms with Crippen LogP contribution in [0.2, 0.25) is 0 Å². The van der Waals surface area contributed by atoms with Gasteiger partial charge in [-0.05, 0) is 68.7 Å². The summed E-state index contributed by atoms with van der Waals surface area (Å²) in [6.07, 6.45) is 9.12. The molecule has 1 heterocycles. The van der Waals surface area contributed by atoms with E-state index in [1.54, 1.807) is 18.0 Å². The van der Waals surface area contributed by atoms with Crippen LogP contribution in [0.1, 0.15) is 57.7 Å². The Labute approximate surface area is 167 Å². The topological polar surface area (TPSA) is 65.4 Å². The molecule has 0 spiro atoms. The van der Waals surface area contributed by atoms with Gasteiger partial charge < -0.3 is 14.8 Å². The lowest BCUT2D eigenvalue weighted by molar-refractivity contribution is -0.122. The number of nitrogens with zero attached hydrogens (tertiary/aromatic N) is 2. The van der Waals surface area contributed by atoms with Crippen LogP contribution in [0.4, 0.5) is 0 Å². The summed E-state index contributed by atoms with van der Waals surface area (Å²) < 4.78 is 13.2. The van der Waals surface area contributed by atoms with Gasteiger partial charge in [0, 0.05) is 24.9 Å². The molecule has 0 aliphatic heterocycles. The van der Waals surface area contributed by atoms with Crippen LogP contribution < -0.4 is 14.8 Å². The molecule has 152 valence electrons. The van der Waals surface area contributed by atoms with E-state index in [-0.39, 0.29) is 12.1 Å². The monoisotopic (exact) mass is 385 g/mol. The van der Waals surface area contributed by atoms with E-state index in [9.17, 15) is 4.79 Å². The fraction of sp³-hybridized carbons (Fsp3) is 0.545. The number of carbonyl (C=O) groups excluding carboxylic acids is 1. The molecule has 6 nitrogen and oxygen atoms in total. The van der Waals surface area contributed by atoms with Gasteiger partial charge in [-0.3, -0.25) is 4.79 Å². The van der Waals surface area contributed by atoms with Crippen LogP contribution in [-0.2, 0) is 11.2 Å². The van der Waals surface area contributed by atoms with Crippen molar-refractivity contribution in [3.8, 4) is 11.5 Å². The van der Waals surface area contributed by atoms with Gasteiger partial charge in [-0.1, -0.05) is 13.0 Å². The van der Waals surface area contributed by atoms with Crippen LogP contribution in [0.25, 0.3) is 0 Å². The van der Waals surface area contributed by atoms with E-state index < -0.39 is 0 Å². The summed E-state index contributed by atoms with van der Waals surface area (Å²) in [4.78, 5) is 12.3. The second-order valence-electron chi connectivity index (χ2n) is 7.71. The summed E-state index contributed by atoms with van der Waals surface area (Å²) >= 11 is 0. The summed E-state index contributed by atoms with van der Waals surface area (Å²) in [5.41, 5.74) is 1.06. The van der Waals surface area contributed by atoms with Crippen LogP contribution >= 0.6 is 0 Å². The zero-order chi connectivity index (χ0) is 19.9. The molecule has 0 saturated heterocycles. The predicted molar refractivity (Wildman–Crippen MR) is 108 cm³/mol. The molecule has 1 aliphatic rings. The summed E-state index contributed by atoms with van der Waals surface area (Å²) in [6, 6.07) is 8.04. The minimum atomic E-state index is -0.237. The smallest absolute Gasteiger partial charge is 0.220 e. The van der Waals surface area contributed by atoms with Gasteiger partial charge in [0.2, 0.25) is 5.91 Å². The number of aromatic nitrogens is 2. The number of amides is 1. The zero-order valence-corrected chi connectivity index (χ0v) is 17.1.